The van der Waals surface area contributed by atoms with Crippen molar-refractivity contribution in [2.75, 3.05) is 0 Å². The van der Waals surface area contributed by atoms with E-state index in [0.717, 1.165) is 49.7 Å². The first-order valence-corrected chi connectivity index (χ1v) is 8.18. The molecule has 0 bridgehead atoms. The molecule has 0 unspecified atom stereocenters. The fraction of sp³-hybridized carbons (Fsp3) is 0.400. The van der Waals surface area contributed by atoms with Crippen LogP contribution in [0.15, 0.2) is 48.5 Å². The van der Waals surface area contributed by atoms with Gasteiger partial charge < -0.3 is 10.2 Å². The Morgan fingerprint density at radius 1 is 0.652 bits per heavy atom. The molecule has 0 N–H and O–H groups in total. The standard InChI is InChI=1S/2C10H14O.Cd/c2*1-2-3-6-9-7-4-5-8-10(9)11;/h2*4-5,7-8,11H,2-3,6H2,1H3;/q;;+2/p-2. The van der Waals surface area contributed by atoms with Gasteiger partial charge in [-0.15, -0.1) is 11.5 Å². The molecule has 0 atom stereocenters. The van der Waals surface area contributed by atoms with Gasteiger partial charge >= 0.3 is 27.3 Å². The number of unbranched alkanes of at least 4 members (excludes halogenated alkanes) is 2. The summed E-state index contributed by atoms with van der Waals surface area (Å²) in [5.41, 5.74) is 1.91. The Morgan fingerprint density at radius 3 is 1.30 bits per heavy atom. The Kier molecular flexibility index (Phi) is 12.8. The zero-order chi connectivity index (χ0) is 16.2. The topological polar surface area (TPSA) is 46.1 Å². The maximum atomic E-state index is 11.1. The molecule has 23 heavy (non-hydrogen) atoms. The molecule has 2 aromatic rings. The van der Waals surface area contributed by atoms with Crippen molar-refractivity contribution >= 4 is 0 Å². The maximum absolute atomic E-state index is 11.1. The summed E-state index contributed by atoms with van der Waals surface area (Å²) in [6.45, 7) is 4.26. The van der Waals surface area contributed by atoms with Gasteiger partial charge in [0.2, 0.25) is 0 Å². The van der Waals surface area contributed by atoms with E-state index in [1.54, 1.807) is 24.3 Å². The summed E-state index contributed by atoms with van der Waals surface area (Å²) < 4.78 is 0. The van der Waals surface area contributed by atoms with Gasteiger partial charge in [-0.05, 0) is 25.7 Å². The monoisotopic (exact) mass is 412 g/mol. The zero-order valence-electron chi connectivity index (χ0n) is 14.4. The minimum Gasteiger partial charge on any atom is -0.872 e. The van der Waals surface area contributed by atoms with Crippen LogP contribution in [0, 0.1) is 0 Å². The first-order chi connectivity index (χ1) is 10.7. The molecule has 0 aliphatic carbocycles. The fourth-order valence-corrected chi connectivity index (χ4v) is 2.16. The molecule has 2 aromatic carbocycles. The molecule has 0 spiro atoms. The van der Waals surface area contributed by atoms with Crippen molar-refractivity contribution in [1.29, 1.82) is 0 Å². The van der Waals surface area contributed by atoms with Crippen molar-refractivity contribution in [1.82, 2.24) is 0 Å². The summed E-state index contributed by atoms with van der Waals surface area (Å²) in [7, 11) is 0. The molecule has 0 radical (unpaired) electrons. The van der Waals surface area contributed by atoms with Gasteiger partial charge in [-0.25, -0.2) is 0 Å². The van der Waals surface area contributed by atoms with Gasteiger partial charge in [0.15, 0.2) is 0 Å². The normalized spacial score (nSPS) is 9.48. The average molecular weight is 411 g/mol. The van der Waals surface area contributed by atoms with Crippen LogP contribution in [0.1, 0.15) is 50.7 Å². The van der Waals surface area contributed by atoms with E-state index in [0.29, 0.717) is 0 Å². The van der Waals surface area contributed by atoms with Crippen molar-refractivity contribution in [2.24, 2.45) is 0 Å². The van der Waals surface area contributed by atoms with Crippen LogP contribution in [0.3, 0.4) is 0 Å². The van der Waals surface area contributed by atoms with Crippen molar-refractivity contribution in [3.63, 3.8) is 0 Å². The second-order valence-electron chi connectivity index (χ2n) is 5.42. The fourth-order valence-electron chi connectivity index (χ4n) is 2.16. The van der Waals surface area contributed by atoms with Crippen LogP contribution in [0.2, 0.25) is 0 Å². The van der Waals surface area contributed by atoms with E-state index in [9.17, 15) is 10.2 Å². The molecule has 0 aliphatic heterocycles. The van der Waals surface area contributed by atoms with E-state index in [1.807, 2.05) is 24.3 Å². The number of hydrogen-bond acceptors (Lipinski definition) is 2. The van der Waals surface area contributed by atoms with Crippen molar-refractivity contribution in [2.45, 2.75) is 52.4 Å². The average Bonchev–Trinajstić information content (AvgIpc) is 2.54. The van der Waals surface area contributed by atoms with Crippen LogP contribution < -0.4 is 10.2 Å². The van der Waals surface area contributed by atoms with Crippen molar-refractivity contribution in [3.05, 3.63) is 59.7 Å². The molecule has 0 fully saturated rings. The molecule has 0 saturated carbocycles. The smallest absolute Gasteiger partial charge is 0.872 e. The molecule has 0 saturated heterocycles. The van der Waals surface area contributed by atoms with Gasteiger partial charge in [0.1, 0.15) is 0 Å². The van der Waals surface area contributed by atoms with E-state index in [2.05, 4.69) is 13.8 Å². The second kappa shape index (κ2) is 13.4. The molecule has 0 aliphatic rings. The Labute approximate surface area is 160 Å². The molecule has 2 nitrogen and oxygen atoms in total. The number of hydrogen-bond donors (Lipinski definition) is 0. The molecule has 0 amide bonds. The first kappa shape index (κ1) is 22.0. The first-order valence-electron chi connectivity index (χ1n) is 8.18. The predicted octanol–water partition coefficient (Wildman–Crippen LogP) is 4.20. The van der Waals surface area contributed by atoms with E-state index in [1.165, 1.54) is 0 Å². The van der Waals surface area contributed by atoms with Gasteiger partial charge in [0, 0.05) is 0 Å². The number of para-hydroxylation sites is 2. The summed E-state index contributed by atoms with van der Waals surface area (Å²) >= 11 is 0. The van der Waals surface area contributed by atoms with Crippen LogP contribution in [0.4, 0.5) is 0 Å². The summed E-state index contributed by atoms with van der Waals surface area (Å²) in [5.74, 6) is 0.363. The Hall–Kier alpha value is -1.04. The molecule has 3 heteroatoms. The van der Waals surface area contributed by atoms with Crippen LogP contribution in [0.5, 0.6) is 11.5 Å². The van der Waals surface area contributed by atoms with Gasteiger partial charge in [0.25, 0.3) is 0 Å². The predicted molar refractivity (Wildman–Crippen MR) is 89.0 cm³/mol. The van der Waals surface area contributed by atoms with Gasteiger partial charge in [-0.2, -0.15) is 0 Å². The SMILES string of the molecule is CCCCc1ccccc1[O-].CCCCc1ccccc1[O-].[Cd+2]. The third-order valence-electron chi connectivity index (χ3n) is 3.54. The Morgan fingerprint density at radius 2 is 1.00 bits per heavy atom. The van der Waals surface area contributed by atoms with E-state index in [-0.39, 0.29) is 38.8 Å². The summed E-state index contributed by atoms with van der Waals surface area (Å²) in [5, 5.41) is 22.3. The second-order valence-corrected chi connectivity index (χ2v) is 5.42. The van der Waals surface area contributed by atoms with Gasteiger partial charge in [-0.3, -0.25) is 0 Å². The quantitative estimate of drug-likeness (QED) is 0.670. The molecule has 0 aromatic heterocycles. The van der Waals surface area contributed by atoms with E-state index >= 15 is 0 Å². The summed E-state index contributed by atoms with van der Waals surface area (Å²) in [4.78, 5) is 0. The Balaban J connectivity index is 0.000000403. The molecular weight excluding hydrogens is 385 g/mol. The van der Waals surface area contributed by atoms with Crippen LogP contribution in [0.25, 0.3) is 0 Å². The minimum absolute atomic E-state index is 0. The van der Waals surface area contributed by atoms with Crippen LogP contribution >= 0.6 is 0 Å². The molecule has 0 heterocycles. The minimum atomic E-state index is 0. The third kappa shape index (κ3) is 8.99. The number of rotatable bonds is 6. The number of aryl methyl sites for hydroxylation is 2. The van der Waals surface area contributed by atoms with Crippen molar-refractivity contribution in [3.8, 4) is 11.5 Å². The summed E-state index contributed by atoms with van der Waals surface area (Å²) in [6, 6.07) is 14.5. The summed E-state index contributed by atoms with van der Waals surface area (Å²) in [6.07, 6.45) is 6.37. The van der Waals surface area contributed by atoms with Gasteiger partial charge in [0.05, 0.1) is 0 Å². The molecular formula is C20H26CdO2. The van der Waals surface area contributed by atoms with Gasteiger partial charge in [-0.1, -0.05) is 86.3 Å². The zero-order valence-corrected chi connectivity index (χ0v) is 18.4. The third-order valence-corrected chi connectivity index (χ3v) is 3.54. The molecule has 2 rings (SSSR count). The van der Waals surface area contributed by atoms with Crippen LogP contribution in [-0.2, 0) is 40.1 Å². The molecule has 120 valence electrons. The van der Waals surface area contributed by atoms with Crippen molar-refractivity contribution < 1.29 is 37.5 Å². The Bertz CT molecular complexity index is 491. The van der Waals surface area contributed by atoms with Crippen LogP contribution in [-0.4, -0.2) is 0 Å². The van der Waals surface area contributed by atoms with E-state index in [4.69, 9.17) is 0 Å². The maximum Gasteiger partial charge on any atom is 2.00 e. The van der Waals surface area contributed by atoms with E-state index < -0.39 is 0 Å². The largest absolute Gasteiger partial charge is 2.00 e. The number of benzene rings is 2.